The lowest BCUT2D eigenvalue weighted by Crippen LogP contribution is -2.35. The SMILES string of the molecule is C=C1CC[C@H](OS(=O)(=O)c2ccc(C)cc2)C/C1=C/C=C1\CCC[C@]2(C)[C@@H]([C@H](C)/C=C/[C@H](C)C(C)C)CC[C@@H]12. The minimum absolute atomic E-state index is 0.227. The largest absolute Gasteiger partial charge is 0.297 e. The molecule has 214 valence electrons. The summed E-state index contributed by atoms with van der Waals surface area (Å²) in [5, 5.41) is 0. The van der Waals surface area contributed by atoms with Gasteiger partial charge in [-0.05, 0) is 105 Å². The summed E-state index contributed by atoms with van der Waals surface area (Å²) in [6, 6.07) is 6.88. The van der Waals surface area contributed by atoms with Crippen LogP contribution < -0.4 is 0 Å². The number of rotatable bonds is 8. The molecule has 3 aliphatic carbocycles. The maximum absolute atomic E-state index is 12.9. The Morgan fingerprint density at radius 3 is 2.41 bits per heavy atom. The highest BCUT2D eigenvalue weighted by Gasteiger charge is 2.50. The quantitative estimate of drug-likeness (QED) is 0.239. The van der Waals surface area contributed by atoms with Crippen molar-refractivity contribution in [3.05, 3.63) is 77.4 Å². The van der Waals surface area contributed by atoms with Gasteiger partial charge in [0.15, 0.2) is 0 Å². The average Bonchev–Trinajstić information content (AvgIpc) is 3.25. The highest BCUT2D eigenvalue weighted by molar-refractivity contribution is 7.86. The second-order valence-corrected chi connectivity index (χ2v) is 14.8. The fourth-order valence-corrected chi connectivity index (χ4v) is 8.36. The lowest BCUT2D eigenvalue weighted by molar-refractivity contribution is 0.112. The molecule has 6 atom stereocenters. The Labute approximate surface area is 238 Å². The van der Waals surface area contributed by atoms with E-state index < -0.39 is 10.1 Å². The summed E-state index contributed by atoms with van der Waals surface area (Å²) in [7, 11) is -3.78. The number of hydrogen-bond donors (Lipinski definition) is 0. The molecule has 3 aliphatic rings. The van der Waals surface area contributed by atoms with Crippen molar-refractivity contribution in [2.24, 2.45) is 35.0 Å². The number of fused-ring (bicyclic) bond motifs is 1. The van der Waals surface area contributed by atoms with Gasteiger partial charge in [-0.15, -0.1) is 0 Å². The van der Waals surface area contributed by atoms with Crippen molar-refractivity contribution in [1.29, 1.82) is 0 Å². The monoisotopic (exact) mass is 550 g/mol. The van der Waals surface area contributed by atoms with Crippen LogP contribution in [0, 0.1) is 41.9 Å². The minimum atomic E-state index is -3.78. The number of aryl methyl sites for hydroxylation is 1. The maximum Gasteiger partial charge on any atom is 0.297 e. The van der Waals surface area contributed by atoms with Gasteiger partial charge in [0.25, 0.3) is 10.1 Å². The van der Waals surface area contributed by atoms with E-state index in [-0.39, 0.29) is 11.0 Å². The van der Waals surface area contributed by atoms with Crippen molar-refractivity contribution in [2.45, 2.75) is 104 Å². The predicted molar refractivity (Wildman–Crippen MR) is 163 cm³/mol. The highest BCUT2D eigenvalue weighted by Crippen LogP contribution is 2.59. The molecular weight excluding hydrogens is 500 g/mol. The van der Waals surface area contributed by atoms with Crippen LogP contribution in [0.3, 0.4) is 0 Å². The third kappa shape index (κ3) is 6.88. The predicted octanol–water partition coefficient (Wildman–Crippen LogP) is 9.36. The number of benzene rings is 1. The van der Waals surface area contributed by atoms with Gasteiger partial charge < -0.3 is 0 Å². The van der Waals surface area contributed by atoms with Gasteiger partial charge in [-0.1, -0.05) is 94.3 Å². The highest BCUT2D eigenvalue weighted by atomic mass is 32.2. The molecule has 3 saturated carbocycles. The summed E-state index contributed by atoms with van der Waals surface area (Å²) < 4.78 is 31.5. The molecule has 0 heterocycles. The molecule has 1 aromatic rings. The second-order valence-electron chi connectivity index (χ2n) is 13.2. The Morgan fingerprint density at radius 2 is 1.72 bits per heavy atom. The third-order valence-corrected chi connectivity index (χ3v) is 11.6. The summed E-state index contributed by atoms with van der Waals surface area (Å²) >= 11 is 0. The van der Waals surface area contributed by atoms with E-state index >= 15 is 0 Å². The van der Waals surface area contributed by atoms with Crippen LogP contribution in [0.5, 0.6) is 0 Å². The zero-order valence-corrected chi connectivity index (χ0v) is 25.9. The summed E-state index contributed by atoms with van der Waals surface area (Å²) in [5.41, 5.74) is 5.21. The Kier molecular flexibility index (Phi) is 9.49. The molecule has 4 rings (SSSR count). The minimum Gasteiger partial charge on any atom is -0.263 e. The molecule has 0 radical (unpaired) electrons. The molecule has 1 aromatic carbocycles. The molecule has 3 nitrogen and oxygen atoms in total. The zero-order valence-electron chi connectivity index (χ0n) is 25.1. The van der Waals surface area contributed by atoms with Crippen LogP contribution in [0.4, 0.5) is 0 Å². The van der Waals surface area contributed by atoms with Crippen molar-refractivity contribution in [2.75, 3.05) is 0 Å². The second kappa shape index (κ2) is 12.3. The topological polar surface area (TPSA) is 43.4 Å². The van der Waals surface area contributed by atoms with E-state index in [9.17, 15) is 8.42 Å². The van der Waals surface area contributed by atoms with Crippen LogP contribution in [0.2, 0.25) is 0 Å². The van der Waals surface area contributed by atoms with Gasteiger partial charge in [0, 0.05) is 6.42 Å². The smallest absolute Gasteiger partial charge is 0.263 e. The van der Waals surface area contributed by atoms with Crippen LogP contribution in [-0.2, 0) is 14.3 Å². The Morgan fingerprint density at radius 1 is 1.00 bits per heavy atom. The molecule has 0 aliphatic heterocycles. The van der Waals surface area contributed by atoms with Gasteiger partial charge in [-0.2, -0.15) is 8.42 Å². The van der Waals surface area contributed by atoms with Crippen molar-refractivity contribution in [1.82, 2.24) is 0 Å². The zero-order chi connectivity index (χ0) is 28.4. The first-order valence-corrected chi connectivity index (χ1v) is 16.6. The molecule has 3 fully saturated rings. The standard InChI is InChI=1S/C35H50O3S/c1-24(2)26(4)12-13-28(6)33-20-21-34-29(9-8-22-35(33,34)7)15-16-30-23-31(17-14-27(30)5)38-39(36,37)32-18-10-25(3)11-19-32/h10-13,15-16,18-19,24,26,28,31,33-34H,5,8-9,14,17,20-23H2,1-4,6-7H3/b13-12+,29-15+,30-16-/t26-,28+,31-,33+,34-,35+/m0/s1. The molecule has 0 N–H and O–H groups in total. The van der Waals surface area contributed by atoms with Crippen molar-refractivity contribution >= 4 is 10.1 Å². The molecular formula is C35H50O3S. The van der Waals surface area contributed by atoms with Gasteiger partial charge in [0.05, 0.1) is 11.0 Å². The van der Waals surface area contributed by atoms with Gasteiger partial charge in [-0.3, -0.25) is 4.18 Å². The maximum atomic E-state index is 12.9. The van der Waals surface area contributed by atoms with Crippen LogP contribution >= 0.6 is 0 Å². The summed E-state index contributed by atoms with van der Waals surface area (Å²) in [4.78, 5) is 0.227. The first-order valence-electron chi connectivity index (χ1n) is 15.2. The van der Waals surface area contributed by atoms with E-state index in [1.807, 2.05) is 19.1 Å². The lowest BCUT2D eigenvalue weighted by atomic mass is 9.61. The molecule has 0 saturated heterocycles. The third-order valence-electron chi connectivity index (χ3n) is 10.2. The summed E-state index contributed by atoms with van der Waals surface area (Å²) in [6.45, 7) is 18.2. The fourth-order valence-electron chi connectivity index (χ4n) is 7.25. The Bertz CT molecular complexity index is 1220. The lowest BCUT2D eigenvalue weighted by Gasteiger charge is -2.44. The van der Waals surface area contributed by atoms with Gasteiger partial charge >= 0.3 is 0 Å². The first-order chi connectivity index (χ1) is 18.4. The molecule has 0 aromatic heterocycles. The van der Waals surface area contributed by atoms with E-state index in [4.69, 9.17) is 4.18 Å². The van der Waals surface area contributed by atoms with Crippen LogP contribution in [0.25, 0.3) is 0 Å². The summed E-state index contributed by atoms with van der Waals surface area (Å²) in [5.74, 6) is 3.26. The van der Waals surface area contributed by atoms with Crippen LogP contribution in [0.1, 0.15) is 91.5 Å². The Hall–Kier alpha value is -1.91. The van der Waals surface area contributed by atoms with Crippen molar-refractivity contribution < 1.29 is 12.6 Å². The summed E-state index contributed by atoms with van der Waals surface area (Å²) in [6.07, 6.45) is 17.5. The average molecular weight is 551 g/mol. The van der Waals surface area contributed by atoms with E-state index in [1.54, 1.807) is 17.7 Å². The normalized spacial score (nSPS) is 31.8. The van der Waals surface area contributed by atoms with Gasteiger partial charge in [0.1, 0.15) is 0 Å². The fraction of sp³-hybridized carbons (Fsp3) is 0.600. The van der Waals surface area contributed by atoms with Crippen molar-refractivity contribution in [3.8, 4) is 0 Å². The number of hydrogen-bond acceptors (Lipinski definition) is 3. The molecule has 0 bridgehead atoms. The Balaban J connectivity index is 1.46. The van der Waals surface area contributed by atoms with Crippen LogP contribution in [0.15, 0.2) is 76.8 Å². The first kappa shape index (κ1) is 30.1. The van der Waals surface area contributed by atoms with Gasteiger partial charge in [0.2, 0.25) is 0 Å². The molecule has 0 spiro atoms. The molecule has 39 heavy (non-hydrogen) atoms. The van der Waals surface area contributed by atoms with E-state index in [0.29, 0.717) is 41.9 Å². The molecule has 4 heteroatoms. The van der Waals surface area contributed by atoms with Gasteiger partial charge in [-0.25, -0.2) is 0 Å². The number of allylic oxidation sites excluding steroid dienone is 6. The van der Waals surface area contributed by atoms with Crippen LogP contribution in [-0.4, -0.2) is 14.5 Å². The molecule has 0 amide bonds. The molecule has 0 unspecified atom stereocenters. The van der Waals surface area contributed by atoms with E-state index in [1.165, 1.54) is 32.1 Å². The van der Waals surface area contributed by atoms with E-state index in [2.05, 4.69) is 65.5 Å². The van der Waals surface area contributed by atoms with E-state index in [0.717, 1.165) is 29.0 Å². The van der Waals surface area contributed by atoms with Crippen molar-refractivity contribution in [3.63, 3.8) is 0 Å².